The average molecular weight is 189 g/mol. The number of para-hydroxylation sites is 1. The lowest BCUT2D eigenvalue weighted by atomic mass is 10.3. The summed E-state index contributed by atoms with van der Waals surface area (Å²) in [6, 6.07) is 9.82. The van der Waals surface area contributed by atoms with Gasteiger partial charge in [0.25, 0.3) is 0 Å². The number of methoxy groups -OCH3 is 1. The largest absolute Gasteiger partial charge is 0.493 e. The first-order valence-corrected chi connectivity index (χ1v) is 4.29. The second-order valence-electron chi connectivity index (χ2n) is 2.80. The number of hydrogen-bond acceptors (Lipinski definition) is 3. The third kappa shape index (κ3) is 1.85. The summed E-state index contributed by atoms with van der Waals surface area (Å²) in [5.41, 5.74) is 4.07. The molecule has 0 fully saturated rings. The average Bonchev–Trinajstić information content (AvgIpc) is 2.67. The van der Waals surface area contributed by atoms with Crippen LogP contribution in [-0.4, -0.2) is 17.0 Å². The van der Waals surface area contributed by atoms with Gasteiger partial charge in [0.1, 0.15) is 0 Å². The van der Waals surface area contributed by atoms with Gasteiger partial charge in [-0.25, -0.2) is 0 Å². The molecule has 0 aliphatic carbocycles. The van der Waals surface area contributed by atoms with Gasteiger partial charge in [0.2, 0.25) is 0 Å². The molecule has 1 aromatic carbocycles. The summed E-state index contributed by atoms with van der Waals surface area (Å²) in [7, 11) is 1.61. The lowest BCUT2D eigenvalue weighted by Crippen LogP contribution is -2.08. The zero-order chi connectivity index (χ0) is 9.80. The number of aromatic nitrogens is 2. The van der Waals surface area contributed by atoms with Gasteiger partial charge in [0, 0.05) is 0 Å². The number of hydrogen-bond donors (Lipinski definition) is 1. The van der Waals surface area contributed by atoms with Crippen LogP contribution in [0.4, 0.5) is 5.69 Å². The first kappa shape index (κ1) is 8.62. The van der Waals surface area contributed by atoms with Crippen molar-refractivity contribution in [1.82, 2.24) is 9.89 Å². The smallest absolute Gasteiger partial charge is 0.158 e. The van der Waals surface area contributed by atoms with Gasteiger partial charge in [0.05, 0.1) is 25.2 Å². The Morgan fingerprint density at radius 1 is 1.29 bits per heavy atom. The predicted octanol–water partition coefficient (Wildman–Crippen LogP) is 1.77. The summed E-state index contributed by atoms with van der Waals surface area (Å²) < 4.78 is 5.01. The first-order chi connectivity index (χ1) is 6.88. The molecule has 0 aliphatic heterocycles. The van der Waals surface area contributed by atoms with Crippen LogP contribution in [0.3, 0.4) is 0 Å². The first-order valence-electron chi connectivity index (χ1n) is 4.29. The normalized spacial score (nSPS) is 9.79. The second kappa shape index (κ2) is 3.83. The summed E-state index contributed by atoms with van der Waals surface area (Å²) in [5.74, 6) is 0.730. The molecule has 0 bridgehead atoms. The molecule has 0 amide bonds. The number of benzene rings is 1. The standard InChI is InChI=1S/C10H11N3O/c1-14-10-7-11-13(8-10)12-9-5-3-2-4-6-9/h2-8,12H,1H3. The van der Waals surface area contributed by atoms with E-state index in [4.69, 9.17) is 4.74 Å². The van der Waals surface area contributed by atoms with Gasteiger partial charge in [-0.3, -0.25) is 5.43 Å². The van der Waals surface area contributed by atoms with Crippen molar-refractivity contribution in [2.24, 2.45) is 0 Å². The molecule has 2 aromatic rings. The Labute approximate surface area is 82.1 Å². The summed E-state index contributed by atoms with van der Waals surface area (Å²) in [6.45, 7) is 0. The Kier molecular flexibility index (Phi) is 2.36. The number of nitrogens with one attached hydrogen (secondary N) is 1. The van der Waals surface area contributed by atoms with Crippen LogP contribution in [0, 0.1) is 0 Å². The van der Waals surface area contributed by atoms with Crippen LogP contribution in [0.25, 0.3) is 0 Å². The highest BCUT2D eigenvalue weighted by atomic mass is 16.5. The maximum atomic E-state index is 5.01. The van der Waals surface area contributed by atoms with E-state index in [2.05, 4.69) is 10.5 Å². The van der Waals surface area contributed by atoms with Crippen LogP contribution in [0.2, 0.25) is 0 Å². The quantitative estimate of drug-likeness (QED) is 0.799. The van der Waals surface area contributed by atoms with Crippen LogP contribution in [0.5, 0.6) is 5.75 Å². The van der Waals surface area contributed by atoms with Gasteiger partial charge >= 0.3 is 0 Å². The summed E-state index contributed by atoms with van der Waals surface area (Å²) in [5, 5.41) is 4.06. The molecule has 1 aromatic heterocycles. The molecule has 0 saturated heterocycles. The minimum absolute atomic E-state index is 0.730. The predicted molar refractivity (Wildman–Crippen MR) is 54.2 cm³/mol. The molecule has 4 heteroatoms. The van der Waals surface area contributed by atoms with Crippen LogP contribution in [0.15, 0.2) is 42.7 Å². The number of ether oxygens (including phenoxy) is 1. The molecule has 1 N–H and O–H groups in total. The van der Waals surface area contributed by atoms with E-state index in [9.17, 15) is 0 Å². The summed E-state index contributed by atoms with van der Waals surface area (Å²) in [4.78, 5) is 1.61. The minimum Gasteiger partial charge on any atom is -0.493 e. The maximum Gasteiger partial charge on any atom is 0.158 e. The Balaban J connectivity index is 2.11. The monoisotopic (exact) mass is 189 g/mol. The van der Waals surface area contributed by atoms with E-state index in [-0.39, 0.29) is 0 Å². The Morgan fingerprint density at radius 3 is 2.71 bits per heavy atom. The Hall–Kier alpha value is -1.97. The van der Waals surface area contributed by atoms with Crippen molar-refractivity contribution in [3.05, 3.63) is 42.7 Å². The van der Waals surface area contributed by atoms with Crippen LogP contribution in [-0.2, 0) is 0 Å². The Morgan fingerprint density at radius 2 is 2.07 bits per heavy atom. The van der Waals surface area contributed by atoms with Gasteiger partial charge < -0.3 is 4.74 Å². The molecule has 0 unspecified atom stereocenters. The second-order valence-corrected chi connectivity index (χ2v) is 2.80. The van der Waals surface area contributed by atoms with Crippen molar-refractivity contribution >= 4 is 5.69 Å². The van der Waals surface area contributed by atoms with Crippen molar-refractivity contribution in [2.45, 2.75) is 0 Å². The molecular formula is C10H11N3O. The van der Waals surface area contributed by atoms with Crippen LogP contribution < -0.4 is 10.2 Å². The van der Waals surface area contributed by atoms with Crippen LogP contribution in [0.1, 0.15) is 0 Å². The fourth-order valence-electron chi connectivity index (χ4n) is 1.12. The van der Waals surface area contributed by atoms with E-state index in [0.29, 0.717) is 0 Å². The van der Waals surface area contributed by atoms with Gasteiger partial charge in [-0.15, -0.1) is 0 Å². The van der Waals surface area contributed by atoms with Gasteiger partial charge in [-0.1, -0.05) is 18.2 Å². The van der Waals surface area contributed by atoms with Crippen molar-refractivity contribution < 1.29 is 4.74 Å². The molecule has 1 heterocycles. The number of anilines is 1. The zero-order valence-electron chi connectivity index (χ0n) is 7.84. The molecule has 0 atom stereocenters. The molecule has 2 rings (SSSR count). The van der Waals surface area contributed by atoms with E-state index >= 15 is 0 Å². The van der Waals surface area contributed by atoms with Crippen molar-refractivity contribution in [1.29, 1.82) is 0 Å². The molecule has 0 radical (unpaired) electrons. The lowest BCUT2D eigenvalue weighted by molar-refractivity contribution is 0.414. The van der Waals surface area contributed by atoms with Crippen molar-refractivity contribution in [3.63, 3.8) is 0 Å². The molecule has 72 valence electrons. The van der Waals surface area contributed by atoms with Crippen LogP contribution >= 0.6 is 0 Å². The third-order valence-corrected chi connectivity index (χ3v) is 1.81. The van der Waals surface area contributed by atoms with Gasteiger partial charge in [-0.2, -0.15) is 9.89 Å². The van der Waals surface area contributed by atoms with Crippen molar-refractivity contribution in [3.8, 4) is 5.75 Å². The lowest BCUT2D eigenvalue weighted by Gasteiger charge is -2.04. The Bertz CT molecular complexity index is 397. The fourth-order valence-corrected chi connectivity index (χ4v) is 1.12. The molecule has 0 saturated carbocycles. The molecular weight excluding hydrogens is 178 g/mol. The third-order valence-electron chi connectivity index (χ3n) is 1.81. The highest BCUT2D eigenvalue weighted by Crippen LogP contribution is 2.09. The number of nitrogens with zero attached hydrogens (tertiary/aromatic N) is 2. The molecule has 14 heavy (non-hydrogen) atoms. The van der Waals surface area contributed by atoms with E-state index in [1.807, 2.05) is 30.3 Å². The summed E-state index contributed by atoms with van der Waals surface area (Å²) in [6.07, 6.45) is 3.42. The molecule has 0 aliphatic rings. The summed E-state index contributed by atoms with van der Waals surface area (Å²) >= 11 is 0. The highest BCUT2D eigenvalue weighted by Gasteiger charge is 1.96. The van der Waals surface area contributed by atoms with Gasteiger partial charge in [0.15, 0.2) is 5.75 Å². The van der Waals surface area contributed by atoms with Gasteiger partial charge in [-0.05, 0) is 12.1 Å². The number of rotatable bonds is 3. The van der Waals surface area contributed by atoms with E-state index < -0.39 is 0 Å². The highest BCUT2D eigenvalue weighted by molar-refractivity contribution is 5.41. The van der Waals surface area contributed by atoms with E-state index in [1.54, 1.807) is 24.3 Å². The topological polar surface area (TPSA) is 39.1 Å². The molecule has 4 nitrogen and oxygen atoms in total. The van der Waals surface area contributed by atoms with E-state index in [0.717, 1.165) is 11.4 Å². The SMILES string of the molecule is COc1cnn(Nc2ccccc2)c1. The zero-order valence-corrected chi connectivity index (χ0v) is 7.84. The van der Waals surface area contributed by atoms with E-state index in [1.165, 1.54) is 0 Å². The fraction of sp³-hybridized carbons (Fsp3) is 0.100. The van der Waals surface area contributed by atoms with Crippen molar-refractivity contribution in [2.75, 3.05) is 12.5 Å². The maximum absolute atomic E-state index is 5.01. The molecule has 0 spiro atoms. The minimum atomic E-state index is 0.730.